The van der Waals surface area contributed by atoms with Gasteiger partial charge in [0.1, 0.15) is 22.6 Å². The highest BCUT2D eigenvalue weighted by Crippen LogP contribution is 2.59. The maximum atomic E-state index is 14.5. The summed E-state index contributed by atoms with van der Waals surface area (Å²) in [6, 6.07) is 13.6. The van der Waals surface area contributed by atoms with E-state index in [0.29, 0.717) is 34.6 Å². The third-order valence-corrected chi connectivity index (χ3v) is 10.6. The summed E-state index contributed by atoms with van der Waals surface area (Å²) in [7, 11) is 3.24. The molecule has 4 saturated carbocycles. The number of ether oxygens (including phenoxy) is 3. The molecule has 2 aromatic carbocycles. The lowest BCUT2D eigenvalue weighted by molar-refractivity contribution is -0.180. The van der Waals surface area contributed by atoms with Gasteiger partial charge in [0.05, 0.1) is 31.2 Å². The van der Waals surface area contributed by atoms with E-state index in [1.807, 2.05) is 55.8 Å². The summed E-state index contributed by atoms with van der Waals surface area (Å²) in [4.78, 5) is 28.6. The van der Waals surface area contributed by atoms with Crippen molar-refractivity contribution in [3.8, 4) is 28.4 Å². The van der Waals surface area contributed by atoms with E-state index in [-0.39, 0.29) is 35.3 Å². The van der Waals surface area contributed by atoms with Crippen molar-refractivity contribution in [1.29, 1.82) is 0 Å². The van der Waals surface area contributed by atoms with E-state index < -0.39 is 11.1 Å². The van der Waals surface area contributed by atoms with Crippen LogP contribution in [-0.2, 0) is 9.53 Å². The van der Waals surface area contributed by atoms with Crippen LogP contribution in [0.25, 0.3) is 16.9 Å². The van der Waals surface area contributed by atoms with Crippen LogP contribution in [0.1, 0.15) is 88.7 Å². The highest BCUT2D eigenvalue weighted by Gasteiger charge is 2.63. The number of nitrogens with zero attached hydrogens (tertiary/aromatic N) is 2. The largest absolute Gasteiger partial charge is 0.496 e. The van der Waals surface area contributed by atoms with Crippen molar-refractivity contribution in [2.75, 3.05) is 14.2 Å². The zero-order chi connectivity index (χ0) is 32.3. The molecule has 0 unspecified atom stereocenters. The minimum Gasteiger partial charge on any atom is -0.496 e. The number of hydrogen-bond donors (Lipinski definition) is 1. The first-order valence-electron chi connectivity index (χ1n) is 16.0. The van der Waals surface area contributed by atoms with Gasteiger partial charge in [-0.05, 0) is 147 Å². The minimum absolute atomic E-state index is 0.0483. The highest BCUT2D eigenvalue weighted by atomic mass is 127. The topological polar surface area (TPSA) is 91.7 Å². The molecule has 8 nitrogen and oxygen atoms in total. The molecule has 7 rings (SSSR count). The smallest absolute Gasteiger partial charge is 0.332 e. The van der Waals surface area contributed by atoms with Crippen molar-refractivity contribution in [2.45, 2.75) is 83.8 Å². The normalized spacial score (nSPS) is 25.4. The molecular weight excluding hydrogens is 681 g/mol. The second-order valence-electron chi connectivity index (χ2n) is 14.4. The lowest BCUT2D eigenvalue weighted by Crippen LogP contribution is -2.71. The van der Waals surface area contributed by atoms with Gasteiger partial charge in [0, 0.05) is 3.57 Å². The van der Waals surface area contributed by atoms with Crippen LogP contribution in [0.2, 0.25) is 0 Å². The number of nitrogens with one attached hydrogen (secondary N) is 1. The van der Waals surface area contributed by atoms with E-state index in [0.717, 1.165) is 40.5 Å². The number of rotatable bonds is 8. The molecule has 0 radical (unpaired) electrons. The Hall–Kier alpha value is -3.08. The van der Waals surface area contributed by atoms with Crippen molar-refractivity contribution in [1.82, 2.24) is 15.1 Å². The zero-order valence-electron chi connectivity index (χ0n) is 27.3. The molecule has 1 N–H and O–H groups in total. The van der Waals surface area contributed by atoms with Crippen molar-refractivity contribution >= 4 is 34.5 Å². The van der Waals surface area contributed by atoms with Crippen LogP contribution >= 0.6 is 22.6 Å². The number of aromatic nitrogens is 2. The van der Waals surface area contributed by atoms with Crippen LogP contribution in [0.5, 0.6) is 11.5 Å². The molecule has 0 atom stereocenters. The van der Waals surface area contributed by atoms with Gasteiger partial charge >= 0.3 is 5.97 Å². The van der Waals surface area contributed by atoms with Gasteiger partial charge < -0.3 is 19.5 Å². The Balaban J connectivity index is 1.49. The molecule has 0 aliphatic heterocycles. The Labute approximate surface area is 279 Å². The molecule has 240 valence electrons. The number of halogens is 1. The Morgan fingerprint density at radius 3 is 2.09 bits per heavy atom. The second-order valence-corrected chi connectivity index (χ2v) is 15.6. The molecule has 3 aromatic rings. The second kappa shape index (κ2) is 11.9. The number of methoxy groups -OCH3 is 2. The molecule has 45 heavy (non-hydrogen) atoms. The van der Waals surface area contributed by atoms with Gasteiger partial charge in [-0.2, -0.15) is 5.10 Å². The summed E-state index contributed by atoms with van der Waals surface area (Å²) >= 11 is 2.32. The van der Waals surface area contributed by atoms with Crippen LogP contribution in [0, 0.1) is 27.2 Å². The number of amides is 1. The lowest BCUT2D eigenvalue weighted by Gasteiger charge is -2.59. The Kier molecular flexibility index (Phi) is 8.46. The molecule has 0 spiro atoms. The van der Waals surface area contributed by atoms with Gasteiger partial charge in [0.25, 0.3) is 5.91 Å². The molecule has 4 aliphatic carbocycles. The summed E-state index contributed by atoms with van der Waals surface area (Å²) in [5.41, 5.74) is 1.80. The quantitative estimate of drug-likeness (QED) is 0.191. The molecule has 1 heterocycles. The number of carbonyl (C=O) groups is 2. The molecule has 4 bridgehead atoms. The maximum Gasteiger partial charge on any atom is 0.332 e. The fourth-order valence-electron chi connectivity index (χ4n) is 8.27. The summed E-state index contributed by atoms with van der Waals surface area (Å²) < 4.78 is 20.6. The molecule has 9 heteroatoms. The van der Waals surface area contributed by atoms with Gasteiger partial charge in [-0.15, -0.1) is 0 Å². The van der Waals surface area contributed by atoms with E-state index in [4.69, 9.17) is 19.3 Å². The van der Waals surface area contributed by atoms with Crippen molar-refractivity contribution in [3.63, 3.8) is 0 Å². The average Bonchev–Trinajstić information content (AvgIpc) is 3.42. The van der Waals surface area contributed by atoms with Gasteiger partial charge in [-0.25, -0.2) is 9.48 Å². The summed E-state index contributed by atoms with van der Waals surface area (Å²) in [6.07, 6.45) is 4.97. The number of esters is 1. The summed E-state index contributed by atoms with van der Waals surface area (Å²) in [5, 5.41) is 8.28. The number of hydrogen-bond acceptors (Lipinski definition) is 6. The summed E-state index contributed by atoms with van der Waals surface area (Å²) in [6.45, 7) is 9.95. The fourth-order valence-corrected chi connectivity index (χ4v) is 8.78. The minimum atomic E-state index is -1.07. The Bertz CT molecular complexity index is 1570. The van der Waals surface area contributed by atoms with Crippen LogP contribution < -0.4 is 14.8 Å². The number of benzene rings is 2. The van der Waals surface area contributed by atoms with Crippen LogP contribution in [-0.4, -0.2) is 47.0 Å². The van der Waals surface area contributed by atoms with Crippen molar-refractivity contribution in [2.24, 2.45) is 23.7 Å². The van der Waals surface area contributed by atoms with Crippen LogP contribution in [0.15, 0.2) is 42.5 Å². The first-order chi connectivity index (χ1) is 21.3. The van der Waals surface area contributed by atoms with Crippen molar-refractivity contribution < 1.29 is 23.8 Å². The predicted molar refractivity (Wildman–Crippen MR) is 182 cm³/mol. The predicted octanol–water partition coefficient (Wildman–Crippen LogP) is 7.55. The Morgan fingerprint density at radius 2 is 1.56 bits per heavy atom. The lowest BCUT2D eigenvalue weighted by atomic mass is 9.48. The van der Waals surface area contributed by atoms with Gasteiger partial charge in [0.2, 0.25) is 0 Å². The molecule has 4 fully saturated rings. The van der Waals surface area contributed by atoms with Crippen LogP contribution in [0.3, 0.4) is 0 Å². The molecule has 4 aliphatic rings. The SMILES string of the molecule is COc1cccc(OC)c1-c1cc(C(=O)NC2(C(=O)OC(C)(C)C)C3CC4CC(C3)CC2C4)nn1-c1ccc(I)cc1C(C)C. The monoisotopic (exact) mass is 725 g/mol. The Morgan fingerprint density at radius 1 is 0.956 bits per heavy atom. The molecular formula is C36H44IN3O5. The third-order valence-electron chi connectivity index (χ3n) is 9.95. The summed E-state index contributed by atoms with van der Waals surface area (Å²) in [5.74, 6) is 2.03. The van der Waals surface area contributed by atoms with Crippen LogP contribution in [0.4, 0.5) is 0 Å². The molecule has 0 saturated heterocycles. The van der Waals surface area contributed by atoms with E-state index >= 15 is 0 Å². The van der Waals surface area contributed by atoms with Gasteiger partial charge in [0.15, 0.2) is 5.69 Å². The van der Waals surface area contributed by atoms with E-state index in [2.05, 4.69) is 47.8 Å². The van der Waals surface area contributed by atoms with Gasteiger partial charge in [-0.1, -0.05) is 19.9 Å². The fraction of sp³-hybridized carbons (Fsp3) is 0.528. The zero-order valence-corrected chi connectivity index (χ0v) is 29.4. The highest BCUT2D eigenvalue weighted by molar-refractivity contribution is 14.1. The molecule has 1 amide bonds. The van der Waals surface area contributed by atoms with E-state index in [9.17, 15) is 9.59 Å². The maximum absolute atomic E-state index is 14.5. The van der Waals surface area contributed by atoms with Crippen molar-refractivity contribution in [3.05, 3.63) is 57.3 Å². The average molecular weight is 726 g/mol. The molecule has 1 aromatic heterocycles. The van der Waals surface area contributed by atoms with Gasteiger partial charge in [-0.3, -0.25) is 4.79 Å². The standard InChI is InChI=1S/C36H44IN3O5/c1-20(2)26-18-25(37)11-12-28(26)40-29(32-30(43-6)9-8-10-31(32)44-7)19-27(39-40)33(41)38-36(34(42)45-35(3,4)5)23-14-21-13-22(16-23)17-24(36)15-21/h8-12,18-24H,13-17H2,1-7H3,(H,38,41). The first kappa shape index (κ1) is 31.9. The van der Waals surface area contributed by atoms with E-state index in [1.165, 1.54) is 6.42 Å². The third kappa shape index (κ3) is 5.74. The first-order valence-corrected chi connectivity index (χ1v) is 17.1. The van der Waals surface area contributed by atoms with E-state index in [1.54, 1.807) is 20.3 Å². The number of carbonyl (C=O) groups excluding carboxylic acids is 2.